The highest BCUT2D eigenvalue weighted by Crippen LogP contribution is 2.43. The second-order valence-corrected chi connectivity index (χ2v) is 4.80. The molecule has 0 aromatic carbocycles. The zero-order chi connectivity index (χ0) is 12.5. The van der Waals surface area contributed by atoms with Gasteiger partial charge in [0.1, 0.15) is 0 Å². The third kappa shape index (κ3) is 2.42. The summed E-state index contributed by atoms with van der Waals surface area (Å²) >= 11 is 0. The van der Waals surface area contributed by atoms with E-state index in [2.05, 4.69) is 4.74 Å². The summed E-state index contributed by atoms with van der Waals surface area (Å²) in [4.78, 5) is 13.7. The van der Waals surface area contributed by atoms with E-state index in [1.165, 1.54) is 0 Å². The van der Waals surface area contributed by atoms with Gasteiger partial charge in [-0.15, -0.1) is 0 Å². The average molecular weight is 249 g/mol. The molecule has 0 N–H and O–H groups in total. The second kappa shape index (κ2) is 4.86. The lowest BCUT2D eigenvalue weighted by molar-refractivity contribution is -0.205. The van der Waals surface area contributed by atoms with E-state index in [0.717, 1.165) is 19.3 Å². The highest BCUT2D eigenvalue weighted by atomic mass is 19.3. The molecule has 4 nitrogen and oxygen atoms in total. The first kappa shape index (κ1) is 12.7. The van der Waals surface area contributed by atoms with Crippen molar-refractivity contribution in [3.8, 4) is 0 Å². The van der Waals surface area contributed by atoms with Crippen molar-refractivity contribution in [3.63, 3.8) is 0 Å². The Morgan fingerprint density at radius 3 is 2.53 bits per heavy atom. The molecule has 1 saturated carbocycles. The van der Waals surface area contributed by atoms with Gasteiger partial charge in [-0.1, -0.05) is 6.42 Å². The van der Waals surface area contributed by atoms with Crippen molar-refractivity contribution in [1.82, 2.24) is 4.90 Å². The number of likely N-dealkylation sites (tertiary alicyclic amines) is 1. The molecule has 0 aromatic heterocycles. The molecule has 1 amide bonds. The predicted molar refractivity (Wildman–Crippen MR) is 55.6 cm³/mol. The molecule has 0 bridgehead atoms. The molecule has 1 heterocycles. The highest BCUT2D eigenvalue weighted by Gasteiger charge is 2.49. The van der Waals surface area contributed by atoms with E-state index in [-0.39, 0.29) is 19.0 Å². The maximum Gasteiger partial charge on any atom is 0.345 e. The maximum atomic E-state index is 12.2. The minimum atomic E-state index is -2.76. The molecule has 0 atom stereocenters. The molecule has 2 rings (SSSR count). The van der Waals surface area contributed by atoms with Gasteiger partial charge < -0.3 is 14.4 Å². The number of hydrogen-bond acceptors (Lipinski definition) is 3. The standard InChI is InChI=1S/C11H17F2NO3/c1-16-7-11(3-2-4-11)9(15)14-5-8(6-14)17-10(12)13/h8,10H,2-7H2,1H3. The van der Waals surface area contributed by atoms with Gasteiger partial charge >= 0.3 is 6.61 Å². The van der Waals surface area contributed by atoms with E-state index < -0.39 is 18.1 Å². The molecule has 2 fully saturated rings. The van der Waals surface area contributed by atoms with Crippen LogP contribution in [0.2, 0.25) is 0 Å². The van der Waals surface area contributed by atoms with E-state index in [9.17, 15) is 13.6 Å². The number of hydrogen-bond donors (Lipinski definition) is 0. The van der Waals surface area contributed by atoms with Crippen LogP contribution in [0, 0.1) is 5.41 Å². The van der Waals surface area contributed by atoms with Gasteiger partial charge in [0.15, 0.2) is 0 Å². The van der Waals surface area contributed by atoms with E-state index in [1.807, 2.05) is 0 Å². The van der Waals surface area contributed by atoms with Crippen molar-refractivity contribution >= 4 is 5.91 Å². The fraction of sp³-hybridized carbons (Fsp3) is 0.909. The number of nitrogens with zero attached hydrogens (tertiary/aromatic N) is 1. The van der Waals surface area contributed by atoms with Gasteiger partial charge in [0.25, 0.3) is 0 Å². The summed E-state index contributed by atoms with van der Waals surface area (Å²) < 4.78 is 33.3. The summed E-state index contributed by atoms with van der Waals surface area (Å²) in [5.74, 6) is 0.0275. The van der Waals surface area contributed by atoms with Crippen molar-refractivity contribution in [2.24, 2.45) is 5.41 Å². The smallest absolute Gasteiger partial charge is 0.345 e. The third-order valence-electron chi connectivity index (χ3n) is 3.62. The van der Waals surface area contributed by atoms with Crippen molar-refractivity contribution in [1.29, 1.82) is 0 Å². The van der Waals surface area contributed by atoms with Gasteiger partial charge in [-0.3, -0.25) is 4.79 Å². The molecule has 17 heavy (non-hydrogen) atoms. The number of carbonyl (C=O) groups is 1. The summed E-state index contributed by atoms with van der Waals surface area (Å²) in [6.07, 6.45) is 2.17. The Morgan fingerprint density at radius 2 is 2.12 bits per heavy atom. The fourth-order valence-electron chi connectivity index (χ4n) is 2.47. The molecule has 6 heteroatoms. The van der Waals surface area contributed by atoms with Crippen LogP contribution in [0.5, 0.6) is 0 Å². The topological polar surface area (TPSA) is 38.8 Å². The Labute approximate surface area is 98.9 Å². The number of amides is 1. The number of alkyl halides is 2. The van der Waals surface area contributed by atoms with E-state index in [4.69, 9.17) is 4.74 Å². The zero-order valence-corrected chi connectivity index (χ0v) is 9.83. The van der Waals surface area contributed by atoms with Gasteiger partial charge in [0.05, 0.1) is 18.1 Å². The van der Waals surface area contributed by atoms with Crippen LogP contribution in [0.1, 0.15) is 19.3 Å². The van der Waals surface area contributed by atoms with Crippen LogP contribution in [0.3, 0.4) is 0 Å². The molecular weight excluding hydrogens is 232 g/mol. The first-order valence-electron chi connectivity index (χ1n) is 5.79. The first-order valence-corrected chi connectivity index (χ1v) is 5.79. The molecule has 2 aliphatic rings. The van der Waals surface area contributed by atoms with Crippen LogP contribution >= 0.6 is 0 Å². The molecule has 98 valence electrons. The van der Waals surface area contributed by atoms with Gasteiger partial charge in [0, 0.05) is 20.2 Å². The normalized spacial score (nSPS) is 23.4. The monoisotopic (exact) mass is 249 g/mol. The van der Waals surface area contributed by atoms with Crippen LogP contribution < -0.4 is 0 Å². The Kier molecular flexibility index (Phi) is 3.63. The van der Waals surface area contributed by atoms with Crippen LogP contribution in [0.4, 0.5) is 8.78 Å². The lowest BCUT2D eigenvalue weighted by Gasteiger charge is -2.48. The summed E-state index contributed by atoms with van der Waals surface area (Å²) in [6, 6.07) is 0. The van der Waals surface area contributed by atoms with Crippen LogP contribution in [0.15, 0.2) is 0 Å². The summed E-state index contributed by atoms with van der Waals surface area (Å²) in [5.41, 5.74) is -0.398. The van der Waals surface area contributed by atoms with E-state index in [0.29, 0.717) is 6.61 Å². The van der Waals surface area contributed by atoms with E-state index in [1.54, 1.807) is 12.0 Å². The Bertz CT molecular complexity index is 288. The number of carbonyl (C=O) groups excluding carboxylic acids is 1. The average Bonchev–Trinajstić information content (AvgIpc) is 2.15. The van der Waals surface area contributed by atoms with Crippen molar-refractivity contribution < 1.29 is 23.0 Å². The molecule has 0 unspecified atom stereocenters. The number of halogens is 2. The highest BCUT2D eigenvalue weighted by molar-refractivity contribution is 5.84. The minimum absolute atomic E-state index is 0.0275. The largest absolute Gasteiger partial charge is 0.384 e. The molecule has 0 spiro atoms. The molecule has 1 aliphatic heterocycles. The first-order chi connectivity index (χ1) is 8.07. The van der Waals surface area contributed by atoms with Crippen molar-refractivity contribution in [2.45, 2.75) is 32.0 Å². The van der Waals surface area contributed by atoms with Gasteiger partial charge in [-0.25, -0.2) is 0 Å². The predicted octanol–water partition coefficient (Wildman–Crippen LogP) is 1.25. The lowest BCUT2D eigenvalue weighted by atomic mass is 9.68. The zero-order valence-electron chi connectivity index (χ0n) is 9.83. The number of rotatable bonds is 5. The molecule has 0 aromatic rings. The van der Waals surface area contributed by atoms with Crippen LogP contribution in [-0.2, 0) is 14.3 Å². The van der Waals surface area contributed by atoms with Gasteiger partial charge in [-0.05, 0) is 12.8 Å². The summed E-state index contributed by atoms with van der Waals surface area (Å²) in [7, 11) is 1.58. The maximum absolute atomic E-state index is 12.2. The number of ether oxygens (including phenoxy) is 2. The SMILES string of the molecule is COCC1(C(=O)N2CC(OC(F)F)C2)CCC1. The lowest BCUT2D eigenvalue weighted by Crippen LogP contribution is -2.61. The fourth-order valence-corrected chi connectivity index (χ4v) is 2.47. The van der Waals surface area contributed by atoms with Crippen LogP contribution in [-0.4, -0.2) is 50.3 Å². The number of methoxy groups -OCH3 is 1. The van der Waals surface area contributed by atoms with Gasteiger partial charge in [-0.2, -0.15) is 8.78 Å². The molecule has 1 saturated heterocycles. The quantitative estimate of drug-likeness (QED) is 0.736. The Hall–Kier alpha value is -0.750. The summed E-state index contributed by atoms with van der Waals surface area (Å²) in [6.45, 7) is -1.79. The molecular formula is C11H17F2NO3. The molecule has 1 aliphatic carbocycles. The van der Waals surface area contributed by atoms with Gasteiger partial charge in [0.2, 0.25) is 5.91 Å². The van der Waals surface area contributed by atoms with Crippen molar-refractivity contribution in [2.75, 3.05) is 26.8 Å². The molecule has 0 radical (unpaired) electrons. The summed E-state index contributed by atoms with van der Waals surface area (Å²) in [5, 5.41) is 0. The Balaban J connectivity index is 1.82. The Morgan fingerprint density at radius 1 is 1.47 bits per heavy atom. The van der Waals surface area contributed by atoms with Crippen LogP contribution in [0.25, 0.3) is 0 Å². The third-order valence-corrected chi connectivity index (χ3v) is 3.62. The minimum Gasteiger partial charge on any atom is -0.384 e. The second-order valence-electron chi connectivity index (χ2n) is 4.80. The van der Waals surface area contributed by atoms with Crippen molar-refractivity contribution in [3.05, 3.63) is 0 Å². The van der Waals surface area contributed by atoms with E-state index >= 15 is 0 Å².